The number of para-hydroxylation sites is 1. The maximum Gasteiger partial charge on any atom is 0.271 e. The van der Waals surface area contributed by atoms with E-state index >= 15 is 0 Å². The van der Waals surface area contributed by atoms with Crippen LogP contribution in [0.2, 0.25) is 0 Å². The fourth-order valence-corrected chi connectivity index (χ4v) is 3.38. The van der Waals surface area contributed by atoms with Gasteiger partial charge in [-0.25, -0.2) is 4.98 Å². The molecule has 0 aliphatic rings. The summed E-state index contributed by atoms with van der Waals surface area (Å²) in [5.74, 6) is 0.239. The van der Waals surface area contributed by atoms with E-state index < -0.39 is 5.91 Å². The van der Waals surface area contributed by atoms with Crippen LogP contribution < -0.4 is 15.6 Å². The van der Waals surface area contributed by atoms with Gasteiger partial charge in [-0.15, -0.1) is 11.3 Å². The van der Waals surface area contributed by atoms with E-state index in [1.54, 1.807) is 7.11 Å². The number of benzene rings is 1. The van der Waals surface area contributed by atoms with Gasteiger partial charge in [0.1, 0.15) is 11.3 Å². The number of hydrogen-bond acceptors (Lipinski definition) is 5. The van der Waals surface area contributed by atoms with Crippen LogP contribution in [-0.2, 0) is 6.54 Å². The van der Waals surface area contributed by atoms with Crippen molar-refractivity contribution in [1.82, 2.24) is 14.7 Å². The molecule has 1 amide bonds. The van der Waals surface area contributed by atoms with Crippen molar-refractivity contribution in [2.24, 2.45) is 0 Å². The highest BCUT2D eigenvalue weighted by Gasteiger charge is 2.16. The van der Waals surface area contributed by atoms with Crippen molar-refractivity contribution in [3.63, 3.8) is 0 Å². The third-order valence-electron chi connectivity index (χ3n) is 3.89. The Morgan fingerprint density at radius 1 is 1.33 bits per heavy atom. The Labute approximate surface area is 142 Å². The zero-order valence-electron chi connectivity index (χ0n) is 13.6. The molecule has 0 spiro atoms. The average molecular weight is 343 g/mol. The van der Waals surface area contributed by atoms with Gasteiger partial charge < -0.3 is 10.1 Å². The van der Waals surface area contributed by atoms with Gasteiger partial charge >= 0.3 is 0 Å². The molecule has 0 radical (unpaired) electrons. The first-order chi connectivity index (χ1) is 11.5. The Bertz CT molecular complexity index is 975. The molecule has 3 rings (SSSR count). The van der Waals surface area contributed by atoms with E-state index in [-0.39, 0.29) is 17.7 Å². The minimum absolute atomic E-state index is 0.0308. The number of fused-ring (bicyclic) bond motifs is 1. The predicted molar refractivity (Wildman–Crippen MR) is 93.0 cm³/mol. The van der Waals surface area contributed by atoms with Crippen molar-refractivity contribution < 1.29 is 9.53 Å². The van der Waals surface area contributed by atoms with Gasteiger partial charge in [-0.2, -0.15) is 0 Å². The van der Waals surface area contributed by atoms with Crippen molar-refractivity contribution in [1.29, 1.82) is 0 Å². The molecule has 7 heteroatoms. The van der Waals surface area contributed by atoms with Gasteiger partial charge in [0.2, 0.25) is 0 Å². The Hall–Kier alpha value is -2.67. The summed E-state index contributed by atoms with van der Waals surface area (Å²) in [7, 11) is 1.58. The lowest BCUT2D eigenvalue weighted by molar-refractivity contribution is 0.0948. The number of rotatable bonds is 4. The van der Waals surface area contributed by atoms with Crippen LogP contribution in [0.15, 0.2) is 35.3 Å². The number of nitrogens with one attached hydrogen (secondary N) is 1. The van der Waals surface area contributed by atoms with E-state index in [9.17, 15) is 9.59 Å². The quantitative estimate of drug-likeness (QED) is 0.789. The molecule has 1 N–H and O–H groups in total. The fourth-order valence-electron chi connectivity index (χ4n) is 2.45. The van der Waals surface area contributed by atoms with Crippen LogP contribution in [0.4, 0.5) is 0 Å². The molecule has 0 saturated heterocycles. The largest absolute Gasteiger partial charge is 0.496 e. The summed E-state index contributed by atoms with van der Waals surface area (Å²) in [5, 5.41) is 2.75. The highest BCUT2D eigenvalue weighted by Crippen LogP contribution is 2.19. The van der Waals surface area contributed by atoms with Crippen LogP contribution in [-0.4, -0.2) is 22.4 Å². The minimum Gasteiger partial charge on any atom is -0.496 e. The number of thiazole rings is 1. The second-order valence-electron chi connectivity index (χ2n) is 5.33. The molecule has 0 aliphatic heterocycles. The van der Waals surface area contributed by atoms with E-state index in [0.717, 1.165) is 16.1 Å². The normalized spacial score (nSPS) is 10.8. The number of hydrogen-bond donors (Lipinski definition) is 1. The Morgan fingerprint density at radius 3 is 2.83 bits per heavy atom. The van der Waals surface area contributed by atoms with Crippen LogP contribution in [0.3, 0.4) is 0 Å². The van der Waals surface area contributed by atoms with Gasteiger partial charge in [-0.05, 0) is 19.9 Å². The molecular weight excluding hydrogens is 326 g/mol. The number of carbonyl (C=O) groups excluding carboxylic acids is 1. The van der Waals surface area contributed by atoms with Gasteiger partial charge in [0.15, 0.2) is 4.96 Å². The Morgan fingerprint density at radius 2 is 2.08 bits per heavy atom. The zero-order valence-corrected chi connectivity index (χ0v) is 14.4. The summed E-state index contributed by atoms with van der Waals surface area (Å²) >= 11 is 1.43. The summed E-state index contributed by atoms with van der Waals surface area (Å²) < 4.78 is 6.74. The highest BCUT2D eigenvalue weighted by molar-refractivity contribution is 7.17. The molecule has 0 atom stereocenters. The summed E-state index contributed by atoms with van der Waals surface area (Å²) in [6.07, 6.45) is 1.34. The maximum atomic E-state index is 12.6. The molecule has 1 aromatic carbocycles. The number of ether oxygens (including phenoxy) is 1. The van der Waals surface area contributed by atoms with Crippen molar-refractivity contribution in [3.05, 3.63) is 62.5 Å². The summed E-state index contributed by atoms with van der Waals surface area (Å²) in [5.41, 5.74) is 1.33. The predicted octanol–water partition coefficient (Wildman–Crippen LogP) is 2.31. The second-order valence-corrected chi connectivity index (χ2v) is 6.51. The first-order valence-electron chi connectivity index (χ1n) is 7.40. The second kappa shape index (κ2) is 6.45. The Kier molecular flexibility index (Phi) is 4.35. The van der Waals surface area contributed by atoms with Crippen LogP contribution in [0.5, 0.6) is 5.75 Å². The van der Waals surface area contributed by atoms with Crippen LogP contribution in [0.1, 0.15) is 26.5 Å². The van der Waals surface area contributed by atoms with Crippen molar-refractivity contribution >= 4 is 22.2 Å². The molecule has 3 aromatic rings. The van der Waals surface area contributed by atoms with E-state index in [4.69, 9.17) is 4.74 Å². The van der Waals surface area contributed by atoms with Crippen molar-refractivity contribution in [3.8, 4) is 5.75 Å². The maximum absolute atomic E-state index is 12.6. The number of amides is 1. The van der Waals surface area contributed by atoms with E-state index in [2.05, 4.69) is 10.3 Å². The SMILES string of the molecule is COc1ccccc1CNC(=O)c1cnc2sc(C)c(C)n2c1=O. The fraction of sp³-hybridized carbons (Fsp3) is 0.235. The molecular formula is C17H17N3O3S. The monoisotopic (exact) mass is 343 g/mol. The van der Waals surface area contributed by atoms with Gasteiger partial charge in [0.05, 0.1) is 7.11 Å². The van der Waals surface area contributed by atoms with Gasteiger partial charge in [0, 0.05) is 28.9 Å². The standard InChI is InChI=1S/C17H17N3O3S/c1-10-11(2)24-17-19-9-13(16(22)20(10)17)15(21)18-8-12-6-4-5-7-14(12)23-3/h4-7,9H,8H2,1-3H3,(H,18,21). The molecule has 0 aliphatic carbocycles. The minimum atomic E-state index is -0.448. The third kappa shape index (κ3) is 2.78. The summed E-state index contributed by atoms with van der Waals surface area (Å²) in [6, 6.07) is 7.40. The molecule has 124 valence electrons. The molecule has 2 heterocycles. The molecule has 0 fully saturated rings. The van der Waals surface area contributed by atoms with Crippen LogP contribution in [0.25, 0.3) is 4.96 Å². The zero-order chi connectivity index (χ0) is 17.3. The molecule has 6 nitrogen and oxygen atoms in total. The molecule has 0 unspecified atom stereocenters. The first-order valence-corrected chi connectivity index (χ1v) is 8.22. The third-order valence-corrected chi connectivity index (χ3v) is 4.97. The van der Waals surface area contributed by atoms with Crippen LogP contribution in [0, 0.1) is 13.8 Å². The van der Waals surface area contributed by atoms with Gasteiger partial charge in [-0.1, -0.05) is 18.2 Å². The van der Waals surface area contributed by atoms with Crippen molar-refractivity contribution in [2.75, 3.05) is 7.11 Å². The summed E-state index contributed by atoms with van der Waals surface area (Å²) in [4.78, 5) is 30.8. The Balaban J connectivity index is 1.88. The average Bonchev–Trinajstić information content (AvgIpc) is 2.88. The summed E-state index contributed by atoms with van der Waals surface area (Å²) in [6.45, 7) is 4.04. The van der Waals surface area contributed by atoms with E-state index in [1.165, 1.54) is 21.9 Å². The lowest BCUT2D eigenvalue weighted by Gasteiger charge is -2.09. The number of carbonyl (C=O) groups is 1. The van der Waals surface area contributed by atoms with E-state index in [0.29, 0.717) is 10.7 Å². The molecule has 0 saturated carbocycles. The van der Waals surface area contributed by atoms with Gasteiger partial charge in [-0.3, -0.25) is 14.0 Å². The molecule has 0 bridgehead atoms. The molecule has 24 heavy (non-hydrogen) atoms. The van der Waals surface area contributed by atoms with Crippen LogP contribution >= 0.6 is 11.3 Å². The smallest absolute Gasteiger partial charge is 0.271 e. The van der Waals surface area contributed by atoms with Gasteiger partial charge in [0.25, 0.3) is 11.5 Å². The topological polar surface area (TPSA) is 72.7 Å². The number of aromatic nitrogens is 2. The van der Waals surface area contributed by atoms with E-state index in [1.807, 2.05) is 38.1 Å². The molecule has 2 aromatic heterocycles. The first kappa shape index (κ1) is 16.2. The van der Waals surface area contributed by atoms with Crippen molar-refractivity contribution in [2.45, 2.75) is 20.4 Å². The number of methoxy groups -OCH3 is 1. The number of nitrogens with zero attached hydrogens (tertiary/aromatic N) is 2. The number of aryl methyl sites for hydroxylation is 2. The lowest BCUT2D eigenvalue weighted by atomic mass is 10.2. The highest BCUT2D eigenvalue weighted by atomic mass is 32.1. The lowest BCUT2D eigenvalue weighted by Crippen LogP contribution is -2.31.